The fraction of sp³-hybridized carbons (Fsp3) is 0.556. The Morgan fingerprint density at radius 2 is 2.07 bits per heavy atom. The van der Waals surface area contributed by atoms with E-state index in [4.69, 9.17) is 0 Å². The van der Waals surface area contributed by atoms with Gasteiger partial charge < -0.3 is 20.2 Å². The van der Waals surface area contributed by atoms with Gasteiger partial charge in [-0.3, -0.25) is 9.59 Å². The number of aromatic nitrogens is 4. The molecule has 1 unspecified atom stereocenters. The molecule has 0 bridgehead atoms. The lowest BCUT2D eigenvalue weighted by Crippen LogP contribution is -2.46. The summed E-state index contributed by atoms with van der Waals surface area (Å²) in [5.74, 6) is 1.42. The van der Waals surface area contributed by atoms with Crippen LogP contribution in [0.15, 0.2) is 11.1 Å². The molecule has 3 aliphatic rings. The van der Waals surface area contributed by atoms with E-state index in [0.29, 0.717) is 25.4 Å². The predicted octanol–water partition coefficient (Wildman–Crippen LogP) is 1.06. The molecule has 0 spiro atoms. The average molecular weight is 427 g/mol. The van der Waals surface area contributed by atoms with Crippen molar-refractivity contribution >= 4 is 30.7 Å². The molecule has 1 aliphatic carbocycles. The van der Waals surface area contributed by atoms with Crippen molar-refractivity contribution in [2.45, 2.75) is 44.7 Å². The molecule has 2 aliphatic heterocycles. The second-order valence-corrected chi connectivity index (χ2v) is 7.50. The Balaban J connectivity index is 0.00000112. The topological polar surface area (TPSA) is 107 Å². The third-order valence-corrected chi connectivity index (χ3v) is 5.61. The smallest absolute Gasteiger partial charge is 0.254 e. The molecular formula is C18H24Cl2N6O2. The normalized spacial score (nSPS) is 20.4. The number of rotatable bonds is 3. The number of fused-ring (bicyclic) bond motifs is 2. The minimum absolute atomic E-state index is 0. The van der Waals surface area contributed by atoms with Crippen molar-refractivity contribution in [1.82, 2.24) is 30.2 Å². The highest BCUT2D eigenvalue weighted by molar-refractivity contribution is 5.85. The van der Waals surface area contributed by atoms with Crippen LogP contribution in [0.2, 0.25) is 0 Å². The van der Waals surface area contributed by atoms with Crippen molar-refractivity contribution < 1.29 is 4.79 Å². The molecule has 10 heteroatoms. The van der Waals surface area contributed by atoms with Gasteiger partial charge in [0.05, 0.1) is 24.3 Å². The van der Waals surface area contributed by atoms with Crippen LogP contribution in [0.4, 0.5) is 0 Å². The molecule has 3 N–H and O–H groups in total. The molecule has 1 saturated carbocycles. The van der Waals surface area contributed by atoms with Gasteiger partial charge in [0, 0.05) is 37.2 Å². The van der Waals surface area contributed by atoms with Gasteiger partial charge in [0.2, 0.25) is 5.91 Å². The highest BCUT2D eigenvalue weighted by Crippen LogP contribution is 2.31. The number of halogens is 2. The number of nitrogens with zero attached hydrogens (tertiary/aromatic N) is 3. The van der Waals surface area contributed by atoms with Crippen molar-refractivity contribution in [2.24, 2.45) is 5.92 Å². The Morgan fingerprint density at radius 1 is 1.25 bits per heavy atom. The number of carbonyl (C=O) groups is 1. The largest absolute Gasteiger partial charge is 0.348 e. The molecule has 2 aromatic heterocycles. The maximum atomic E-state index is 13.1. The van der Waals surface area contributed by atoms with Crippen molar-refractivity contribution in [2.75, 3.05) is 13.1 Å². The molecular weight excluding hydrogens is 403 g/mol. The van der Waals surface area contributed by atoms with Crippen LogP contribution in [0, 0.1) is 5.92 Å². The molecule has 0 aromatic carbocycles. The predicted molar refractivity (Wildman–Crippen MR) is 108 cm³/mol. The number of hydrogen-bond acceptors (Lipinski definition) is 5. The molecule has 0 radical (unpaired) electrons. The first-order chi connectivity index (χ1) is 12.7. The SMILES string of the molecule is Cl.Cl.O=C(C1NCCc2[nH]cnc21)N1CCc2c(nc(CC3CC3)[nH]c2=O)C1. The van der Waals surface area contributed by atoms with E-state index in [-0.39, 0.29) is 36.3 Å². The Bertz CT molecular complexity index is 923. The maximum absolute atomic E-state index is 13.1. The molecule has 4 heterocycles. The Morgan fingerprint density at radius 3 is 2.86 bits per heavy atom. The van der Waals surface area contributed by atoms with Gasteiger partial charge in [-0.1, -0.05) is 0 Å². The van der Waals surface area contributed by atoms with E-state index in [1.807, 2.05) is 0 Å². The molecule has 1 atom stereocenters. The minimum atomic E-state index is -0.417. The van der Waals surface area contributed by atoms with Crippen LogP contribution in [0.1, 0.15) is 47.4 Å². The van der Waals surface area contributed by atoms with Gasteiger partial charge in [-0.2, -0.15) is 0 Å². The maximum Gasteiger partial charge on any atom is 0.254 e. The Kier molecular flexibility index (Phi) is 6.12. The third kappa shape index (κ3) is 3.81. The van der Waals surface area contributed by atoms with Crippen molar-refractivity contribution in [3.8, 4) is 0 Å². The van der Waals surface area contributed by atoms with Gasteiger partial charge in [0.25, 0.3) is 5.56 Å². The van der Waals surface area contributed by atoms with E-state index in [9.17, 15) is 9.59 Å². The highest BCUT2D eigenvalue weighted by Gasteiger charge is 2.34. The van der Waals surface area contributed by atoms with E-state index in [1.165, 1.54) is 12.8 Å². The average Bonchev–Trinajstić information content (AvgIpc) is 3.32. The number of aromatic amines is 2. The van der Waals surface area contributed by atoms with Crippen LogP contribution in [-0.4, -0.2) is 43.8 Å². The quantitative estimate of drug-likeness (QED) is 0.679. The third-order valence-electron chi connectivity index (χ3n) is 5.61. The van der Waals surface area contributed by atoms with Gasteiger partial charge in [0.1, 0.15) is 11.9 Å². The lowest BCUT2D eigenvalue weighted by molar-refractivity contribution is -0.135. The summed E-state index contributed by atoms with van der Waals surface area (Å²) in [7, 11) is 0. The van der Waals surface area contributed by atoms with E-state index >= 15 is 0 Å². The summed E-state index contributed by atoms with van der Waals surface area (Å²) in [5.41, 5.74) is 3.26. The van der Waals surface area contributed by atoms with Crippen molar-refractivity contribution in [3.63, 3.8) is 0 Å². The fourth-order valence-corrected chi connectivity index (χ4v) is 3.98. The molecule has 1 amide bonds. The zero-order valence-electron chi connectivity index (χ0n) is 15.4. The summed E-state index contributed by atoms with van der Waals surface area (Å²) < 4.78 is 0. The molecule has 0 saturated heterocycles. The highest BCUT2D eigenvalue weighted by atomic mass is 35.5. The lowest BCUT2D eigenvalue weighted by atomic mass is 10.0. The van der Waals surface area contributed by atoms with Crippen LogP contribution in [0.5, 0.6) is 0 Å². The zero-order chi connectivity index (χ0) is 17.7. The van der Waals surface area contributed by atoms with E-state index in [0.717, 1.165) is 47.9 Å². The van der Waals surface area contributed by atoms with Crippen LogP contribution in [-0.2, 0) is 30.6 Å². The van der Waals surface area contributed by atoms with E-state index in [2.05, 4.69) is 25.3 Å². The number of imidazole rings is 1. The number of H-pyrrole nitrogens is 2. The van der Waals surface area contributed by atoms with E-state index in [1.54, 1.807) is 11.2 Å². The first-order valence-corrected chi connectivity index (χ1v) is 9.34. The number of carbonyl (C=O) groups excluding carboxylic acids is 1. The number of nitrogens with one attached hydrogen (secondary N) is 3. The van der Waals surface area contributed by atoms with Crippen LogP contribution < -0.4 is 10.9 Å². The second-order valence-electron chi connectivity index (χ2n) is 7.50. The van der Waals surface area contributed by atoms with E-state index < -0.39 is 6.04 Å². The van der Waals surface area contributed by atoms with Gasteiger partial charge in [-0.05, 0) is 25.2 Å². The first-order valence-electron chi connectivity index (χ1n) is 9.34. The molecule has 2 aromatic rings. The zero-order valence-corrected chi connectivity index (χ0v) is 17.0. The molecule has 28 heavy (non-hydrogen) atoms. The number of amides is 1. The second kappa shape index (κ2) is 8.23. The summed E-state index contributed by atoms with van der Waals surface area (Å²) in [4.78, 5) is 42.3. The van der Waals surface area contributed by atoms with Crippen LogP contribution >= 0.6 is 24.8 Å². The van der Waals surface area contributed by atoms with Crippen LogP contribution in [0.25, 0.3) is 0 Å². The van der Waals surface area contributed by atoms with Gasteiger partial charge >= 0.3 is 0 Å². The standard InChI is InChI=1S/C18H22N6O2.2ClH/c25-17-11-4-6-24(8-13(11)22-14(23-17)7-10-1-2-10)18(26)16-15-12(3-5-19-16)20-9-21-15;;/h9-10,16,19H,1-8H2,(H,20,21)(H,22,23,25);2*1H. The number of hydrogen-bond donors (Lipinski definition) is 3. The summed E-state index contributed by atoms with van der Waals surface area (Å²) >= 11 is 0. The van der Waals surface area contributed by atoms with Gasteiger partial charge in [-0.25, -0.2) is 9.97 Å². The molecule has 5 rings (SSSR count). The van der Waals surface area contributed by atoms with Gasteiger partial charge in [0.15, 0.2) is 0 Å². The Labute approximate surface area is 174 Å². The summed E-state index contributed by atoms with van der Waals surface area (Å²) in [6.07, 6.45) is 6.30. The molecule has 1 fully saturated rings. The van der Waals surface area contributed by atoms with Crippen LogP contribution in [0.3, 0.4) is 0 Å². The summed E-state index contributed by atoms with van der Waals surface area (Å²) in [6, 6.07) is -0.417. The first kappa shape index (κ1) is 20.8. The summed E-state index contributed by atoms with van der Waals surface area (Å²) in [5, 5.41) is 3.28. The Hall–Kier alpha value is -1.90. The van der Waals surface area contributed by atoms with Crippen molar-refractivity contribution in [3.05, 3.63) is 45.2 Å². The fourth-order valence-electron chi connectivity index (χ4n) is 3.98. The molecule has 152 valence electrons. The summed E-state index contributed by atoms with van der Waals surface area (Å²) in [6.45, 7) is 1.68. The van der Waals surface area contributed by atoms with Gasteiger partial charge in [-0.15, -0.1) is 24.8 Å². The van der Waals surface area contributed by atoms with Crippen molar-refractivity contribution in [1.29, 1.82) is 0 Å². The molecule has 8 nitrogen and oxygen atoms in total. The monoisotopic (exact) mass is 426 g/mol. The lowest BCUT2D eigenvalue weighted by Gasteiger charge is -2.32. The minimum Gasteiger partial charge on any atom is -0.348 e.